The van der Waals surface area contributed by atoms with Gasteiger partial charge in [0.1, 0.15) is 5.82 Å². The van der Waals surface area contributed by atoms with Gasteiger partial charge in [-0.1, -0.05) is 29.3 Å². The van der Waals surface area contributed by atoms with Crippen molar-refractivity contribution in [2.45, 2.75) is 13.0 Å². The van der Waals surface area contributed by atoms with Gasteiger partial charge in [0, 0.05) is 0 Å². The molecule has 0 aliphatic heterocycles. The molecular formula is C11H11Cl2N3. The quantitative estimate of drug-likeness (QED) is 0.895. The molecule has 0 amide bonds. The maximum absolute atomic E-state index is 5.97. The molecule has 0 aliphatic carbocycles. The van der Waals surface area contributed by atoms with Crippen LogP contribution in [-0.4, -0.2) is 9.78 Å². The number of nitrogens with zero attached hydrogens (tertiary/aromatic N) is 2. The second kappa shape index (κ2) is 4.36. The highest BCUT2D eigenvalue weighted by molar-refractivity contribution is 6.42. The Labute approximate surface area is 104 Å². The molecule has 0 fully saturated rings. The van der Waals surface area contributed by atoms with E-state index >= 15 is 0 Å². The average molecular weight is 256 g/mol. The highest BCUT2D eigenvalue weighted by Crippen LogP contribution is 2.27. The average Bonchev–Trinajstić information content (AvgIpc) is 2.67. The number of halogens is 2. The molecule has 0 spiro atoms. The van der Waals surface area contributed by atoms with Crippen LogP contribution >= 0.6 is 23.2 Å². The number of hydrogen-bond acceptors (Lipinski definition) is 2. The number of aromatic nitrogens is 2. The normalized spacial score (nSPS) is 12.7. The van der Waals surface area contributed by atoms with Crippen LogP contribution in [0.3, 0.4) is 0 Å². The summed E-state index contributed by atoms with van der Waals surface area (Å²) in [4.78, 5) is 0. The Bertz CT molecular complexity index is 508. The van der Waals surface area contributed by atoms with E-state index in [0.717, 1.165) is 5.56 Å². The summed E-state index contributed by atoms with van der Waals surface area (Å²) in [6.07, 6.45) is 1.67. The molecule has 0 saturated carbocycles. The SMILES string of the molecule is CC(c1ccc(Cl)c(Cl)c1)n1nccc1N. The van der Waals surface area contributed by atoms with Gasteiger partial charge < -0.3 is 5.73 Å². The third-order valence-electron chi connectivity index (χ3n) is 2.49. The first-order valence-corrected chi connectivity index (χ1v) is 5.59. The fourth-order valence-corrected chi connectivity index (χ4v) is 1.87. The molecule has 0 radical (unpaired) electrons. The molecule has 2 rings (SSSR count). The zero-order valence-electron chi connectivity index (χ0n) is 8.69. The van der Waals surface area contributed by atoms with Gasteiger partial charge in [-0.05, 0) is 30.7 Å². The van der Waals surface area contributed by atoms with Crippen LogP contribution in [-0.2, 0) is 0 Å². The van der Waals surface area contributed by atoms with Crippen molar-refractivity contribution < 1.29 is 0 Å². The molecule has 1 unspecified atom stereocenters. The standard InChI is InChI=1S/C11H11Cl2N3/c1-7(16-11(14)4-5-15-16)8-2-3-9(12)10(13)6-8/h2-7H,14H2,1H3. The van der Waals surface area contributed by atoms with Gasteiger partial charge in [-0.15, -0.1) is 0 Å². The summed E-state index contributed by atoms with van der Waals surface area (Å²) in [6.45, 7) is 2.00. The van der Waals surface area contributed by atoms with Crippen LogP contribution < -0.4 is 5.73 Å². The van der Waals surface area contributed by atoms with Crippen molar-refractivity contribution >= 4 is 29.0 Å². The minimum absolute atomic E-state index is 0.0322. The molecule has 1 atom stereocenters. The predicted octanol–water partition coefficient (Wildman–Crippen LogP) is 3.38. The van der Waals surface area contributed by atoms with Gasteiger partial charge in [0.25, 0.3) is 0 Å². The first-order chi connectivity index (χ1) is 7.59. The van der Waals surface area contributed by atoms with Crippen molar-refractivity contribution in [3.63, 3.8) is 0 Å². The van der Waals surface area contributed by atoms with Crippen LogP contribution in [0.25, 0.3) is 0 Å². The van der Waals surface area contributed by atoms with Crippen LogP contribution in [0.5, 0.6) is 0 Å². The van der Waals surface area contributed by atoms with Gasteiger partial charge in [-0.2, -0.15) is 5.10 Å². The first kappa shape index (κ1) is 11.3. The van der Waals surface area contributed by atoms with Crippen molar-refractivity contribution in [2.75, 3.05) is 5.73 Å². The number of hydrogen-bond donors (Lipinski definition) is 1. The minimum atomic E-state index is 0.0322. The largest absolute Gasteiger partial charge is 0.384 e. The summed E-state index contributed by atoms with van der Waals surface area (Å²) in [5.74, 6) is 0.624. The monoisotopic (exact) mass is 255 g/mol. The van der Waals surface area contributed by atoms with E-state index in [4.69, 9.17) is 28.9 Å². The molecule has 5 heteroatoms. The van der Waals surface area contributed by atoms with Crippen molar-refractivity contribution in [2.24, 2.45) is 0 Å². The molecule has 0 aliphatic rings. The third-order valence-corrected chi connectivity index (χ3v) is 3.23. The zero-order chi connectivity index (χ0) is 11.7. The molecule has 0 saturated heterocycles. The molecule has 2 N–H and O–H groups in total. The van der Waals surface area contributed by atoms with Crippen LogP contribution in [0.15, 0.2) is 30.5 Å². The highest BCUT2D eigenvalue weighted by Gasteiger charge is 2.11. The fourth-order valence-electron chi connectivity index (χ4n) is 1.56. The molecule has 16 heavy (non-hydrogen) atoms. The maximum atomic E-state index is 5.97. The van der Waals surface area contributed by atoms with E-state index < -0.39 is 0 Å². The van der Waals surface area contributed by atoms with Gasteiger partial charge in [0.05, 0.1) is 22.3 Å². The first-order valence-electron chi connectivity index (χ1n) is 4.83. The second-order valence-electron chi connectivity index (χ2n) is 3.55. The van der Waals surface area contributed by atoms with E-state index in [1.54, 1.807) is 23.0 Å². The topological polar surface area (TPSA) is 43.8 Å². The lowest BCUT2D eigenvalue weighted by Gasteiger charge is -2.14. The van der Waals surface area contributed by atoms with Crippen LogP contribution in [0.1, 0.15) is 18.5 Å². The number of nitrogens with two attached hydrogens (primary N) is 1. The number of anilines is 1. The molecule has 1 aromatic heterocycles. The zero-order valence-corrected chi connectivity index (χ0v) is 10.2. The number of nitrogen functional groups attached to an aromatic ring is 1. The van der Waals surface area contributed by atoms with E-state index in [2.05, 4.69) is 5.10 Å². The van der Waals surface area contributed by atoms with E-state index in [1.807, 2.05) is 19.1 Å². The van der Waals surface area contributed by atoms with Gasteiger partial charge in [0.15, 0.2) is 0 Å². The van der Waals surface area contributed by atoms with Gasteiger partial charge >= 0.3 is 0 Å². The summed E-state index contributed by atoms with van der Waals surface area (Å²) in [5.41, 5.74) is 6.81. The smallest absolute Gasteiger partial charge is 0.122 e. The van der Waals surface area contributed by atoms with Crippen LogP contribution in [0.4, 0.5) is 5.82 Å². The molecule has 2 aromatic rings. The lowest BCUT2D eigenvalue weighted by Crippen LogP contribution is -2.11. The van der Waals surface area contributed by atoms with Crippen LogP contribution in [0.2, 0.25) is 10.0 Å². The summed E-state index contributed by atoms with van der Waals surface area (Å²) >= 11 is 11.8. The van der Waals surface area contributed by atoms with E-state index in [1.165, 1.54) is 0 Å². The van der Waals surface area contributed by atoms with E-state index in [-0.39, 0.29) is 6.04 Å². The van der Waals surface area contributed by atoms with E-state index in [0.29, 0.717) is 15.9 Å². The Morgan fingerprint density at radius 3 is 2.56 bits per heavy atom. The third kappa shape index (κ3) is 2.01. The van der Waals surface area contributed by atoms with Crippen molar-refractivity contribution in [1.29, 1.82) is 0 Å². The highest BCUT2D eigenvalue weighted by atomic mass is 35.5. The van der Waals surface area contributed by atoms with Crippen molar-refractivity contribution in [1.82, 2.24) is 9.78 Å². The second-order valence-corrected chi connectivity index (χ2v) is 4.36. The molecular weight excluding hydrogens is 245 g/mol. The molecule has 3 nitrogen and oxygen atoms in total. The molecule has 84 valence electrons. The minimum Gasteiger partial charge on any atom is -0.384 e. The lowest BCUT2D eigenvalue weighted by atomic mass is 10.1. The summed E-state index contributed by atoms with van der Waals surface area (Å²) in [5, 5.41) is 5.25. The summed E-state index contributed by atoms with van der Waals surface area (Å²) in [7, 11) is 0. The van der Waals surface area contributed by atoms with Gasteiger partial charge in [-0.25, -0.2) is 4.68 Å². The Morgan fingerprint density at radius 2 is 2.00 bits per heavy atom. The lowest BCUT2D eigenvalue weighted by molar-refractivity contribution is 0.573. The van der Waals surface area contributed by atoms with Gasteiger partial charge in [-0.3, -0.25) is 0 Å². The van der Waals surface area contributed by atoms with E-state index in [9.17, 15) is 0 Å². The number of rotatable bonds is 2. The molecule has 1 aromatic carbocycles. The molecule has 0 bridgehead atoms. The van der Waals surface area contributed by atoms with Crippen molar-refractivity contribution in [3.8, 4) is 0 Å². The van der Waals surface area contributed by atoms with Crippen molar-refractivity contribution in [3.05, 3.63) is 46.1 Å². The Hall–Kier alpha value is -1.19. The Kier molecular flexibility index (Phi) is 3.08. The fraction of sp³-hybridized carbons (Fsp3) is 0.182. The number of benzene rings is 1. The summed E-state index contributed by atoms with van der Waals surface area (Å²) < 4.78 is 1.74. The predicted molar refractivity (Wildman–Crippen MR) is 66.9 cm³/mol. The Balaban J connectivity index is 2.38. The van der Waals surface area contributed by atoms with Gasteiger partial charge in [0.2, 0.25) is 0 Å². The molecule has 1 heterocycles. The Morgan fingerprint density at radius 1 is 1.25 bits per heavy atom. The summed E-state index contributed by atoms with van der Waals surface area (Å²) in [6, 6.07) is 7.31. The maximum Gasteiger partial charge on any atom is 0.122 e. The van der Waals surface area contributed by atoms with Crippen LogP contribution in [0, 0.1) is 0 Å².